The number of carbonyl (C=O) groups excluding carboxylic acids is 2. The van der Waals surface area contributed by atoms with Gasteiger partial charge in [0, 0.05) is 45.2 Å². The van der Waals surface area contributed by atoms with Gasteiger partial charge in [0.1, 0.15) is 0 Å². The molecule has 3 aliphatic heterocycles. The van der Waals surface area contributed by atoms with Crippen LogP contribution in [0.25, 0.3) is 0 Å². The van der Waals surface area contributed by atoms with Gasteiger partial charge in [0.05, 0.1) is 18.1 Å². The third kappa shape index (κ3) is 3.38. The van der Waals surface area contributed by atoms with E-state index in [-0.39, 0.29) is 29.4 Å². The first-order valence-corrected chi connectivity index (χ1v) is 8.93. The van der Waals surface area contributed by atoms with E-state index in [1.165, 1.54) is 12.8 Å². The van der Waals surface area contributed by atoms with Gasteiger partial charge in [-0.25, -0.2) is 0 Å². The molecule has 0 aromatic carbocycles. The fraction of sp³-hybridized carbons (Fsp3) is 0.882. The Morgan fingerprint density at radius 1 is 1.30 bits per heavy atom. The van der Waals surface area contributed by atoms with Crippen LogP contribution in [0, 0.1) is 11.8 Å². The monoisotopic (exact) mass is 322 g/mol. The van der Waals surface area contributed by atoms with Gasteiger partial charge in [-0.3, -0.25) is 9.59 Å². The Balaban J connectivity index is 1.30. The molecule has 0 radical (unpaired) electrons. The maximum absolute atomic E-state index is 12.5. The molecule has 1 aliphatic carbocycles. The fourth-order valence-electron chi connectivity index (χ4n) is 4.07. The van der Waals surface area contributed by atoms with Crippen LogP contribution >= 0.6 is 0 Å². The summed E-state index contributed by atoms with van der Waals surface area (Å²) < 4.78 is 11.4. The highest BCUT2D eigenvalue weighted by Gasteiger charge is 2.43. The molecule has 6 heteroatoms. The molecule has 23 heavy (non-hydrogen) atoms. The first-order chi connectivity index (χ1) is 11.1. The molecular formula is C17H26N2O4. The minimum absolute atomic E-state index is 0.0395. The van der Waals surface area contributed by atoms with Crippen LogP contribution in [0.15, 0.2) is 0 Å². The van der Waals surface area contributed by atoms with Crippen LogP contribution in [-0.2, 0) is 19.1 Å². The molecule has 1 N–H and O–H groups in total. The zero-order chi connectivity index (χ0) is 15.9. The predicted octanol–water partition coefficient (Wildman–Crippen LogP) is 0.699. The van der Waals surface area contributed by atoms with Gasteiger partial charge >= 0.3 is 0 Å². The van der Waals surface area contributed by atoms with Crippen molar-refractivity contribution in [1.82, 2.24) is 10.2 Å². The lowest BCUT2D eigenvalue weighted by molar-refractivity contribution is -0.130. The lowest BCUT2D eigenvalue weighted by atomic mass is 9.89. The number of hydrogen-bond acceptors (Lipinski definition) is 4. The van der Waals surface area contributed by atoms with E-state index in [4.69, 9.17) is 9.47 Å². The summed E-state index contributed by atoms with van der Waals surface area (Å²) in [5.41, 5.74) is -0.195. The Labute approximate surface area is 136 Å². The van der Waals surface area contributed by atoms with Crippen LogP contribution in [0.5, 0.6) is 0 Å². The highest BCUT2D eigenvalue weighted by molar-refractivity contribution is 5.89. The van der Waals surface area contributed by atoms with E-state index < -0.39 is 0 Å². The number of hydrogen-bond donors (Lipinski definition) is 1. The normalized spacial score (nSPS) is 37.6. The molecular weight excluding hydrogens is 296 g/mol. The Morgan fingerprint density at radius 3 is 2.91 bits per heavy atom. The van der Waals surface area contributed by atoms with Crippen LogP contribution in [0.4, 0.5) is 0 Å². The lowest BCUT2D eigenvalue weighted by Crippen LogP contribution is -2.50. The van der Waals surface area contributed by atoms with Crippen molar-refractivity contribution in [2.45, 2.75) is 50.2 Å². The predicted molar refractivity (Wildman–Crippen MR) is 82.7 cm³/mol. The molecule has 6 nitrogen and oxygen atoms in total. The highest BCUT2D eigenvalue weighted by atomic mass is 16.6. The van der Waals surface area contributed by atoms with Crippen molar-refractivity contribution in [3.8, 4) is 0 Å². The van der Waals surface area contributed by atoms with Crippen LogP contribution in [0.2, 0.25) is 0 Å². The van der Waals surface area contributed by atoms with Gasteiger partial charge in [-0.15, -0.1) is 0 Å². The number of carbonyl (C=O) groups is 2. The van der Waals surface area contributed by atoms with Gasteiger partial charge < -0.3 is 19.7 Å². The molecule has 3 atom stereocenters. The molecule has 128 valence electrons. The smallest absolute Gasteiger partial charge is 0.225 e. The fourth-order valence-corrected chi connectivity index (χ4v) is 4.07. The minimum atomic E-state index is -0.195. The standard InChI is InChI=1S/C17H26N2O4/c20-15-7-13(10-19(15)9-12-1-2-12)16(21)18-14-3-5-23-17(8-14)4-6-22-11-17/h12-14H,1-11H2,(H,18,21)/t13-,14+,17-/m0/s1. The summed E-state index contributed by atoms with van der Waals surface area (Å²) in [6.07, 6.45) is 5.41. The molecule has 0 unspecified atom stereocenters. The van der Waals surface area contributed by atoms with Crippen LogP contribution < -0.4 is 5.32 Å². The van der Waals surface area contributed by atoms with Crippen molar-refractivity contribution in [3.63, 3.8) is 0 Å². The number of amides is 2. The number of ether oxygens (including phenoxy) is 2. The summed E-state index contributed by atoms with van der Waals surface area (Å²) in [5, 5.41) is 3.17. The summed E-state index contributed by atoms with van der Waals surface area (Å²) in [6.45, 7) is 3.50. The van der Waals surface area contributed by atoms with Crippen molar-refractivity contribution >= 4 is 11.8 Å². The van der Waals surface area contributed by atoms with Gasteiger partial charge in [0.15, 0.2) is 0 Å². The van der Waals surface area contributed by atoms with Gasteiger partial charge in [0.25, 0.3) is 0 Å². The average molecular weight is 322 g/mol. The number of nitrogens with zero attached hydrogens (tertiary/aromatic N) is 1. The van der Waals surface area contributed by atoms with Crippen molar-refractivity contribution in [3.05, 3.63) is 0 Å². The molecule has 0 aromatic rings. The molecule has 0 bridgehead atoms. The average Bonchev–Trinajstić information content (AvgIpc) is 3.12. The Kier molecular flexibility index (Phi) is 4.05. The molecule has 4 aliphatic rings. The Morgan fingerprint density at radius 2 is 2.17 bits per heavy atom. The van der Waals surface area contributed by atoms with Gasteiger partial charge in [-0.1, -0.05) is 0 Å². The topological polar surface area (TPSA) is 67.9 Å². The quantitative estimate of drug-likeness (QED) is 0.827. The second kappa shape index (κ2) is 6.06. The maximum Gasteiger partial charge on any atom is 0.225 e. The van der Waals surface area contributed by atoms with E-state index in [9.17, 15) is 9.59 Å². The van der Waals surface area contributed by atoms with E-state index in [0.29, 0.717) is 32.1 Å². The first kappa shape index (κ1) is 15.4. The molecule has 3 saturated heterocycles. The third-order valence-corrected chi connectivity index (χ3v) is 5.67. The van der Waals surface area contributed by atoms with Gasteiger partial charge in [0.2, 0.25) is 11.8 Å². The van der Waals surface area contributed by atoms with Crippen LogP contribution in [0.1, 0.15) is 38.5 Å². The van der Waals surface area contributed by atoms with Gasteiger partial charge in [-0.2, -0.15) is 0 Å². The Hall–Kier alpha value is -1.14. The summed E-state index contributed by atoms with van der Waals surface area (Å²) in [5.74, 6) is 0.681. The van der Waals surface area contributed by atoms with E-state index in [0.717, 1.165) is 32.4 Å². The first-order valence-electron chi connectivity index (χ1n) is 8.93. The van der Waals surface area contributed by atoms with Gasteiger partial charge in [-0.05, 0) is 31.6 Å². The Bertz CT molecular complexity index is 485. The number of nitrogens with one attached hydrogen (secondary N) is 1. The number of rotatable bonds is 4. The molecule has 0 aromatic heterocycles. The zero-order valence-electron chi connectivity index (χ0n) is 13.6. The van der Waals surface area contributed by atoms with E-state index >= 15 is 0 Å². The molecule has 1 spiro atoms. The van der Waals surface area contributed by atoms with Crippen LogP contribution in [-0.4, -0.2) is 61.3 Å². The largest absolute Gasteiger partial charge is 0.378 e. The molecule has 1 saturated carbocycles. The second-order valence-corrected chi connectivity index (χ2v) is 7.68. The lowest BCUT2D eigenvalue weighted by Gasteiger charge is -2.37. The second-order valence-electron chi connectivity index (χ2n) is 7.68. The van der Waals surface area contributed by atoms with E-state index in [1.807, 2.05) is 4.90 Å². The molecule has 2 amide bonds. The summed E-state index contributed by atoms with van der Waals surface area (Å²) in [4.78, 5) is 26.5. The van der Waals surface area contributed by atoms with E-state index in [1.54, 1.807) is 0 Å². The SMILES string of the molecule is O=C(N[C@@H]1CCO[C@@]2(CCOC2)C1)[C@H]1CC(=O)N(CC2CC2)C1. The maximum atomic E-state index is 12.5. The zero-order valence-corrected chi connectivity index (χ0v) is 13.6. The molecule has 4 fully saturated rings. The van der Waals surface area contributed by atoms with Crippen molar-refractivity contribution in [1.29, 1.82) is 0 Å². The summed E-state index contributed by atoms with van der Waals surface area (Å²) >= 11 is 0. The highest BCUT2D eigenvalue weighted by Crippen LogP contribution is 2.34. The minimum Gasteiger partial charge on any atom is -0.378 e. The van der Waals surface area contributed by atoms with Crippen molar-refractivity contribution in [2.75, 3.05) is 32.9 Å². The third-order valence-electron chi connectivity index (χ3n) is 5.67. The number of likely N-dealkylation sites (tertiary alicyclic amines) is 1. The molecule has 3 heterocycles. The molecule has 4 rings (SSSR count). The summed E-state index contributed by atoms with van der Waals surface area (Å²) in [7, 11) is 0. The van der Waals surface area contributed by atoms with Crippen molar-refractivity contribution < 1.29 is 19.1 Å². The van der Waals surface area contributed by atoms with Crippen LogP contribution in [0.3, 0.4) is 0 Å². The summed E-state index contributed by atoms with van der Waals surface area (Å²) in [6, 6.07) is 0.144. The van der Waals surface area contributed by atoms with E-state index in [2.05, 4.69) is 5.32 Å². The van der Waals surface area contributed by atoms with Crippen molar-refractivity contribution in [2.24, 2.45) is 11.8 Å².